The summed E-state index contributed by atoms with van der Waals surface area (Å²) in [6.07, 6.45) is 1.76. The predicted molar refractivity (Wildman–Crippen MR) is 62.9 cm³/mol. The van der Waals surface area contributed by atoms with Gasteiger partial charge in [0.05, 0.1) is 11.4 Å². The van der Waals surface area contributed by atoms with Gasteiger partial charge in [-0.15, -0.1) is 0 Å². The van der Waals surface area contributed by atoms with Gasteiger partial charge in [-0.05, 0) is 34.6 Å². The highest BCUT2D eigenvalue weighted by atomic mass is 15.1. The number of hydrogen-bond acceptors (Lipinski definition) is 4. The Morgan fingerprint density at radius 1 is 1.40 bits per heavy atom. The van der Waals surface area contributed by atoms with Crippen molar-refractivity contribution < 1.29 is 0 Å². The Morgan fingerprint density at radius 2 is 2.00 bits per heavy atom. The summed E-state index contributed by atoms with van der Waals surface area (Å²) < 4.78 is 0. The molecule has 0 aliphatic rings. The van der Waals surface area contributed by atoms with E-state index in [0.29, 0.717) is 0 Å². The summed E-state index contributed by atoms with van der Waals surface area (Å²) in [6.45, 7) is 9.95. The van der Waals surface area contributed by atoms with Crippen molar-refractivity contribution in [2.45, 2.75) is 46.2 Å². The molecule has 0 bridgehead atoms. The Morgan fingerprint density at radius 3 is 2.53 bits per heavy atom. The summed E-state index contributed by atoms with van der Waals surface area (Å²) in [5, 5.41) is 3.33. The summed E-state index contributed by atoms with van der Waals surface area (Å²) in [7, 11) is 0. The molecule has 1 aromatic rings. The van der Waals surface area contributed by atoms with Gasteiger partial charge in [-0.1, -0.05) is 0 Å². The average molecular weight is 208 g/mol. The van der Waals surface area contributed by atoms with Gasteiger partial charge < -0.3 is 11.1 Å². The molecule has 1 rings (SSSR count). The van der Waals surface area contributed by atoms with Crippen LogP contribution in [-0.4, -0.2) is 21.5 Å². The first-order valence-corrected chi connectivity index (χ1v) is 5.17. The fourth-order valence-corrected chi connectivity index (χ4v) is 1.07. The molecule has 1 unspecified atom stereocenters. The molecule has 4 nitrogen and oxygen atoms in total. The van der Waals surface area contributed by atoms with Crippen molar-refractivity contribution in [2.75, 3.05) is 5.32 Å². The van der Waals surface area contributed by atoms with Gasteiger partial charge in [0.2, 0.25) is 0 Å². The quantitative estimate of drug-likeness (QED) is 0.792. The third kappa shape index (κ3) is 2.89. The van der Waals surface area contributed by atoms with Crippen LogP contribution >= 0.6 is 0 Å². The van der Waals surface area contributed by atoms with Gasteiger partial charge in [-0.2, -0.15) is 0 Å². The van der Waals surface area contributed by atoms with Crippen LogP contribution in [0.4, 0.5) is 5.82 Å². The van der Waals surface area contributed by atoms with Gasteiger partial charge in [0.15, 0.2) is 0 Å². The van der Waals surface area contributed by atoms with Crippen LogP contribution in [0, 0.1) is 13.8 Å². The molecule has 1 aromatic heterocycles. The monoisotopic (exact) mass is 208 g/mol. The fraction of sp³-hybridized carbons (Fsp3) is 0.636. The number of nitrogens with zero attached hydrogens (tertiary/aromatic N) is 2. The molecule has 0 aromatic carbocycles. The number of aromatic nitrogens is 2. The van der Waals surface area contributed by atoms with Crippen LogP contribution in [0.3, 0.4) is 0 Å². The summed E-state index contributed by atoms with van der Waals surface area (Å²) in [4.78, 5) is 8.67. The number of rotatable bonds is 3. The first-order chi connectivity index (χ1) is 6.83. The zero-order chi connectivity index (χ0) is 11.6. The van der Waals surface area contributed by atoms with Crippen LogP contribution in [0.2, 0.25) is 0 Å². The van der Waals surface area contributed by atoms with Crippen molar-refractivity contribution in [2.24, 2.45) is 5.73 Å². The average Bonchev–Trinajstić information content (AvgIpc) is 2.10. The lowest BCUT2D eigenvalue weighted by molar-refractivity contribution is 0.468. The number of hydrogen-bond donors (Lipinski definition) is 2. The van der Waals surface area contributed by atoms with Gasteiger partial charge in [-0.25, -0.2) is 4.98 Å². The number of aryl methyl sites for hydroxylation is 2. The molecule has 0 amide bonds. The lowest BCUT2D eigenvalue weighted by Crippen LogP contribution is -2.47. The molecule has 0 saturated carbocycles. The van der Waals surface area contributed by atoms with Gasteiger partial charge in [0, 0.05) is 17.8 Å². The van der Waals surface area contributed by atoms with E-state index in [0.717, 1.165) is 17.2 Å². The van der Waals surface area contributed by atoms with E-state index in [1.165, 1.54) is 0 Å². The third-order valence-corrected chi connectivity index (χ3v) is 2.65. The van der Waals surface area contributed by atoms with Crippen LogP contribution in [-0.2, 0) is 0 Å². The fourth-order valence-electron chi connectivity index (χ4n) is 1.07. The molecule has 1 atom stereocenters. The maximum absolute atomic E-state index is 5.90. The molecular weight excluding hydrogens is 188 g/mol. The van der Waals surface area contributed by atoms with Gasteiger partial charge in [0.1, 0.15) is 5.82 Å². The molecule has 3 N–H and O–H groups in total. The highest BCUT2D eigenvalue weighted by Gasteiger charge is 2.23. The number of anilines is 1. The molecule has 0 saturated heterocycles. The van der Waals surface area contributed by atoms with Crippen LogP contribution in [0.1, 0.15) is 32.2 Å². The minimum Gasteiger partial charge on any atom is -0.362 e. The number of nitrogens with one attached hydrogen (secondary N) is 1. The molecule has 0 aliphatic carbocycles. The van der Waals surface area contributed by atoms with E-state index in [4.69, 9.17) is 5.73 Å². The van der Waals surface area contributed by atoms with Crippen molar-refractivity contribution >= 4 is 5.82 Å². The first-order valence-electron chi connectivity index (χ1n) is 5.17. The van der Waals surface area contributed by atoms with Gasteiger partial charge in [0.25, 0.3) is 0 Å². The lowest BCUT2D eigenvalue weighted by atomic mass is 9.97. The van der Waals surface area contributed by atoms with Crippen molar-refractivity contribution in [3.05, 3.63) is 17.6 Å². The first kappa shape index (κ1) is 11.9. The maximum atomic E-state index is 5.90. The summed E-state index contributed by atoms with van der Waals surface area (Å²) >= 11 is 0. The van der Waals surface area contributed by atoms with E-state index >= 15 is 0 Å². The van der Waals surface area contributed by atoms with E-state index in [2.05, 4.69) is 29.1 Å². The molecule has 0 radical (unpaired) electrons. The molecule has 15 heavy (non-hydrogen) atoms. The largest absolute Gasteiger partial charge is 0.362 e. The Hall–Kier alpha value is -1.16. The second kappa shape index (κ2) is 4.14. The van der Waals surface area contributed by atoms with E-state index in [-0.39, 0.29) is 11.6 Å². The molecule has 1 heterocycles. The molecular formula is C11H20N4. The van der Waals surface area contributed by atoms with Gasteiger partial charge in [-0.3, -0.25) is 4.98 Å². The minimum atomic E-state index is -0.187. The van der Waals surface area contributed by atoms with Crippen LogP contribution in [0.25, 0.3) is 0 Å². The van der Waals surface area contributed by atoms with Gasteiger partial charge >= 0.3 is 0 Å². The zero-order valence-electron chi connectivity index (χ0n) is 10.1. The smallest absolute Gasteiger partial charge is 0.148 e. The molecule has 0 spiro atoms. The second-order valence-corrected chi connectivity index (χ2v) is 4.58. The van der Waals surface area contributed by atoms with E-state index in [1.54, 1.807) is 6.20 Å². The topological polar surface area (TPSA) is 63.8 Å². The van der Waals surface area contributed by atoms with Crippen LogP contribution in [0.15, 0.2) is 6.20 Å². The SMILES string of the molecule is Cc1cnc(C)c(NC(C)(C)C(C)N)n1. The van der Waals surface area contributed by atoms with Crippen molar-refractivity contribution in [3.8, 4) is 0 Å². The van der Waals surface area contributed by atoms with E-state index < -0.39 is 0 Å². The highest BCUT2D eigenvalue weighted by Crippen LogP contribution is 2.17. The summed E-state index contributed by atoms with van der Waals surface area (Å²) in [5.74, 6) is 0.817. The standard InChI is InChI=1S/C11H20N4/c1-7-6-13-8(2)10(14-7)15-11(4,5)9(3)12/h6,9H,12H2,1-5H3,(H,14,15). The normalized spacial score (nSPS) is 13.7. The van der Waals surface area contributed by atoms with Crippen molar-refractivity contribution in [3.63, 3.8) is 0 Å². The summed E-state index contributed by atoms with van der Waals surface area (Å²) in [6, 6.07) is 0.0409. The van der Waals surface area contributed by atoms with Crippen LogP contribution < -0.4 is 11.1 Å². The Balaban J connectivity index is 2.94. The molecule has 0 fully saturated rings. The van der Waals surface area contributed by atoms with E-state index in [9.17, 15) is 0 Å². The maximum Gasteiger partial charge on any atom is 0.148 e. The predicted octanol–water partition coefficient (Wildman–Crippen LogP) is 1.63. The Bertz CT molecular complexity index is 344. The Kier molecular flexibility index (Phi) is 3.29. The van der Waals surface area contributed by atoms with Crippen LogP contribution in [0.5, 0.6) is 0 Å². The van der Waals surface area contributed by atoms with Crippen molar-refractivity contribution in [1.29, 1.82) is 0 Å². The number of nitrogens with two attached hydrogens (primary N) is 1. The third-order valence-electron chi connectivity index (χ3n) is 2.65. The minimum absolute atomic E-state index is 0.0409. The van der Waals surface area contributed by atoms with Crippen molar-refractivity contribution in [1.82, 2.24) is 9.97 Å². The molecule has 4 heteroatoms. The van der Waals surface area contributed by atoms with E-state index in [1.807, 2.05) is 20.8 Å². The molecule has 84 valence electrons. The Labute approximate surface area is 91.3 Å². The zero-order valence-corrected chi connectivity index (χ0v) is 10.1. The second-order valence-electron chi connectivity index (χ2n) is 4.58. The molecule has 0 aliphatic heterocycles. The lowest BCUT2D eigenvalue weighted by Gasteiger charge is -2.31. The highest BCUT2D eigenvalue weighted by molar-refractivity contribution is 5.42. The summed E-state index contributed by atoms with van der Waals surface area (Å²) in [5.41, 5.74) is 7.51.